The molecule has 1 saturated heterocycles. The van der Waals surface area contributed by atoms with Gasteiger partial charge in [-0.25, -0.2) is 0 Å². The quantitative estimate of drug-likeness (QED) is 0.829. The van der Waals surface area contributed by atoms with Gasteiger partial charge in [-0.2, -0.15) is 0 Å². The Kier molecular flexibility index (Phi) is 5.83. The third-order valence-corrected chi connectivity index (χ3v) is 5.06. The maximum atomic E-state index is 12.0. The van der Waals surface area contributed by atoms with Crippen molar-refractivity contribution in [1.82, 2.24) is 10.2 Å². The van der Waals surface area contributed by atoms with Gasteiger partial charge in [0, 0.05) is 18.4 Å². The smallest absolute Gasteiger partial charge is 0.136 e. The van der Waals surface area contributed by atoms with E-state index in [1.54, 1.807) is 0 Å². The second-order valence-electron chi connectivity index (χ2n) is 6.46. The summed E-state index contributed by atoms with van der Waals surface area (Å²) < 4.78 is 0. The molecule has 1 aliphatic heterocycles. The van der Waals surface area contributed by atoms with Crippen LogP contribution in [0.15, 0.2) is 0 Å². The minimum absolute atomic E-state index is 0.345. The number of carbonyl (C=O) groups is 1. The van der Waals surface area contributed by atoms with Crippen molar-refractivity contribution in [1.29, 1.82) is 0 Å². The molecule has 1 saturated carbocycles. The van der Waals surface area contributed by atoms with E-state index in [1.165, 1.54) is 45.2 Å². The molecule has 0 radical (unpaired) electrons. The number of Topliss-reactive ketones (excluding diaryl/α,β-unsaturated/α-hetero) is 1. The lowest BCUT2D eigenvalue weighted by Gasteiger charge is -2.34. The molecule has 0 aromatic heterocycles. The minimum atomic E-state index is 0.345. The molecule has 0 aromatic carbocycles. The summed E-state index contributed by atoms with van der Waals surface area (Å²) in [5.41, 5.74) is 0. The molecule has 1 heterocycles. The molecule has 19 heavy (non-hydrogen) atoms. The van der Waals surface area contributed by atoms with Gasteiger partial charge in [0.05, 0.1) is 0 Å². The van der Waals surface area contributed by atoms with E-state index in [1.807, 2.05) is 6.92 Å². The molecule has 3 nitrogen and oxygen atoms in total. The molecule has 3 heteroatoms. The van der Waals surface area contributed by atoms with Crippen molar-refractivity contribution < 1.29 is 4.79 Å². The fraction of sp³-hybridized carbons (Fsp3) is 0.938. The molecule has 1 aliphatic carbocycles. The molecule has 110 valence electrons. The van der Waals surface area contributed by atoms with Crippen molar-refractivity contribution >= 4 is 5.78 Å². The number of piperidine rings is 1. The predicted molar refractivity (Wildman–Crippen MR) is 79.3 cm³/mol. The maximum absolute atomic E-state index is 12.0. The summed E-state index contributed by atoms with van der Waals surface area (Å²) in [5.74, 6) is 1.44. The van der Waals surface area contributed by atoms with Crippen LogP contribution >= 0.6 is 0 Å². The van der Waals surface area contributed by atoms with E-state index >= 15 is 0 Å². The average molecular weight is 266 g/mol. The van der Waals surface area contributed by atoms with E-state index in [0.29, 0.717) is 23.7 Å². The highest BCUT2D eigenvalue weighted by molar-refractivity contribution is 5.81. The van der Waals surface area contributed by atoms with Crippen LogP contribution in [0.2, 0.25) is 0 Å². The largest absolute Gasteiger partial charge is 0.314 e. The Labute approximate surface area is 118 Å². The highest BCUT2D eigenvalue weighted by Crippen LogP contribution is 2.31. The van der Waals surface area contributed by atoms with Crippen LogP contribution < -0.4 is 5.32 Å². The standard InChI is InChI=1S/C16H30N2O/c1-3-16(19)15-7-5-4-6-13(15)12-17-14-8-10-18(2)11-9-14/h13-15,17H,3-12H2,1-2H3. The van der Waals surface area contributed by atoms with Gasteiger partial charge >= 0.3 is 0 Å². The Bertz CT molecular complexity index is 284. The van der Waals surface area contributed by atoms with Crippen LogP contribution in [-0.4, -0.2) is 43.4 Å². The molecule has 0 amide bonds. The zero-order valence-electron chi connectivity index (χ0n) is 12.7. The van der Waals surface area contributed by atoms with E-state index in [4.69, 9.17) is 0 Å². The number of hydrogen-bond acceptors (Lipinski definition) is 3. The molecule has 0 spiro atoms. The zero-order chi connectivity index (χ0) is 13.7. The normalized spacial score (nSPS) is 30.4. The van der Waals surface area contributed by atoms with Gasteiger partial charge < -0.3 is 10.2 Å². The monoisotopic (exact) mass is 266 g/mol. The molecule has 2 unspecified atom stereocenters. The van der Waals surface area contributed by atoms with E-state index in [0.717, 1.165) is 19.4 Å². The molecule has 2 atom stereocenters. The lowest BCUT2D eigenvalue weighted by Crippen LogP contribution is -2.44. The lowest BCUT2D eigenvalue weighted by atomic mass is 9.76. The van der Waals surface area contributed by atoms with Crippen molar-refractivity contribution in [2.45, 2.75) is 57.9 Å². The van der Waals surface area contributed by atoms with Gasteiger partial charge in [-0.1, -0.05) is 19.8 Å². The number of carbonyl (C=O) groups excluding carboxylic acids is 1. The molecular formula is C16H30N2O. The summed E-state index contributed by atoms with van der Waals surface area (Å²) in [6.07, 6.45) is 8.18. The lowest BCUT2D eigenvalue weighted by molar-refractivity contribution is -0.125. The number of nitrogens with zero attached hydrogens (tertiary/aromatic N) is 1. The molecule has 0 bridgehead atoms. The van der Waals surface area contributed by atoms with Crippen molar-refractivity contribution in [3.8, 4) is 0 Å². The third kappa shape index (κ3) is 4.28. The van der Waals surface area contributed by atoms with E-state index in [-0.39, 0.29) is 0 Å². The van der Waals surface area contributed by atoms with Gasteiger partial charge in [0.25, 0.3) is 0 Å². The first-order valence-electron chi connectivity index (χ1n) is 8.15. The molecular weight excluding hydrogens is 236 g/mol. The van der Waals surface area contributed by atoms with Gasteiger partial charge in [-0.3, -0.25) is 4.79 Å². The van der Waals surface area contributed by atoms with E-state index in [9.17, 15) is 4.79 Å². The van der Waals surface area contributed by atoms with Gasteiger partial charge in [0.2, 0.25) is 0 Å². The van der Waals surface area contributed by atoms with Crippen molar-refractivity contribution in [2.75, 3.05) is 26.7 Å². The van der Waals surface area contributed by atoms with Crippen molar-refractivity contribution in [3.05, 3.63) is 0 Å². The average Bonchev–Trinajstić information content (AvgIpc) is 2.46. The highest BCUT2D eigenvalue weighted by Gasteiger charge is 2.30. The second kappa shape index (κ2) is 7.39. The number of nitrogens with one attached hydrogen (secondary N) is 1. The second-order valence-corrected chi connectivity index (χ2v) is 6.46. The molecule has 2 fully saturated rings. The van der Waals surface area contributed by atoms with Crippen LogP contribution in [0, 0.1) is 11.8 Å². The maximum Gasteiger partial charge on any atom is 0.136 e. The summed E-state index contributed by atoms with van der Waals surface area (Å²) in [6.45, 7) is 5.49. The van der Waals surface area contributed by atoms with Gasteiger partial charge in [0.15, 0.2) is 0 Å². The molecule has 2 rings (SSSR count). The first kappa shape index (κ1) is 15.0. The Morgan fingerprint density at radius 1 is 1.16 bits per heavy atom. The van der Waals surface area contributed by atoms with Gasteiger partial charge in [0.1, 0.15) is 5.78 Å². The molecule has 0 aromatic rings. The molecule has 1 N–H and O–H groups in total. The summed E-state index contributed by atoms with van der Waals surface area (Å²) >= 11 is 0. The number of likely N-dealkylation sites (tertiary alicyclic amines) is 1. The summed E-state index contributed by atoms with van der Waals surface area (Å²) in [6, 6.07) is 0.676. The number of rotatable bonds is 5. The van der Waals surface area contributed by atoms with Crippen molar-refractivity contribution in [3.63, 3.8) is 0 Å². The minimum Gasteiger partial charge on any atom is -0.314 e. The highest BCUT2D eigenvalue weighted by atomic mass is 16.1. The van der Waals surface area contributed by atoms with Crippen LogP contribution in [0.4, 0.5) is 0 Å². The molecule has 2 aliphatic rings. The fourth-order valence-electron chi connectivity index (χ4n) is 3.67. The van der Waals surface area contributed by atoms with Crippen LogP contribution in [0.25, 0.3) is 0 Å². The summed E-state index contributed by atoms with van der Waals surface area (Å²) in [4.78, 5) is 14.4. The topological polar surface area (TPSA) is 32.3 Å². The van der Waals surface area contributed by atoms with E-state index in [2.05, 4.69) is 17.3 Å². The summed E-state index contributed by atoms with van der Waals surface area (Å²) in [7, 11) is 2.20. The SMILES string of the molecule is CCC(=O)C1CCCCC1CNC1CCN(C)CC1. The van der Waals surface area contributed by atoms with Crippen LogP contribution in [0.5, 0.6) is 0 Å². The third-order valence-electron chi connectivity index (χ3n) is 5.06. The van der Waals surface area contributed by atoms with Gasteiger partial charge in [-0.15, -0.1) is 0 Å². The first-order chi connectivity index (χ1) is 9.20. The Hall–Kier alpha value is -0.410. The van der Waals surface area contributed by atoms with E-state index < -0.39 is 0 Å². The fourth-order valence-corrected chi connectivity index (χ4v) is 3.67. The van der Waals surface area contributed by atoms with Crippen LogP contribution in [0.3, 0.4) is 0 Å². The Morgan fingerprint density at radius 2 is 1.84 bits per heavy atom. The Balaban J connectivity index is 1.78. The predicted octanol–water partition coefficient (Wildman–Crippen LogP) is 2.46. The first-order valence-corrected chi connectivity index (χ1v) is 8.15. The number of ketones is 1. The number of hydrogen-bond donors (Lipinski definition) is 1. The van der Waals surface area contributed by atoms with Crippen LogP contribution in [0.1, 0.15) is 51.9 Å². The Morgan fingerprint density at radius 3 is 2.53 bits per heavy atom. The van der Waals surface area contributed by atoms with Crippen molar-refractivity contribution in [2.24, 2.45) is 11.8 Å². The summed E-state index contributed by atoms with van der Waals surface area (Å²) in [5, 5.41) is 3.74. The van der Waals surface area contributed by atoms with Crippen LogP contribution in [-0.2, 0) is 4.79 Å². The van der Waals surface area contributed by atoms with Gasteiger partial charge in [-0.05, 0) is 58.3 Å². The zero-order valence-corrected chi connectivity index (χ0v) is 12.7.